The minimum atomic E-state index is 0.141. The average molecular weight is 439 g/mol. The molecule has 2 heterocycles. The zero-order chi connectivity index (χ0) is 22.2. The topological polar surface area (TPSA) is 84.2 Å². The third-order valence-electron chi connectivity index (χ3n) is 6.71. The van der Waals surface area contributed by atoms with Crippen molar-refractivity contribution in [3.8, 4) is 11.4 Å². The molecule has 8 heteroatoms. The molecule has 4 rings (SSSR count). The Morgan fingerprint density at radius 2 is 1.53 bits per heavy atom. The number of benzene rings is 1. The molecule has 1 aliphatic heterocycles. The van der Waals surface area contributed by atoms with Crippen molar-refractivity contribution in [2.75, 3.05) is 26.2 Å². The van der Waals surface area contributed by atoms with Gasteiger partial charge in [-0.1, -0.05) is 62.4 Å². The molecule has 0 spiro atoms. The Balaban J connectivity index is 1.13. The Morgan fingerprint density at radius 1 is 0.875 bits per heavy atom. The van der Waals surface area contributed by atoms with E-state index in [0.29, 0.717) is 57.8 Å². The predicted octanol–water partition coefficient (Wildman–Crippen LogP) is 3.15. The van der Waals surface area contributed by atoms with Crippen LogP contribution in [0.25, 0.3) is 11.4 Å². The van der Waals surface area contributed by atoms with Gasteiger partial charge >= 0.3 is 0 Å². The first-order chi connectivity index (χ1) is 15.7. The van der Waals surface area contributed by atoms with Crippen molar-refractivity contribution >= 4 is 11.8 Å². The van der Waals surface area contributed by atoms with E-state index in [1.165, 1.54) is 32.1 Å². The maximum absolute atomic E-state index is 12.6. The van der Waals surface area contributed by atoms with Gasteiger partial charge in [-0.05, 0) is 24.0 Å². The van der Waals surface area contributed by atoms with Gasteiger partial charge in [0, 0.05) is 44.6 Å². The molecule has 2 aromatic rings. The van der Waals surface area contributed by atoms with E-state index in [4.69, 9.17) is 0 Å². The fourth-order valence-corrected chi connectivity index (χ4v) is 4.74. The summed E-state index contributed by atoms with van der Waals surface area (Å²) in [6.45, 7) is 3.13. The molecular weight excluding hydrogens is 404 g/mol. The summed E-state index contributed by atoms with van der Waals surface area (Å²) < 4.78 is 0. The quantitative estimate of drug-likeness (QED) is 0.632. The van der Waals surface area contributed by atoms with E-state index in [-0.39, 0.29) is 11.8 Å². The van der Waals surface area contributed by atoms with Gasteiger partial charge in [0.15, 0.2) is 0 Å². The van der Waals surface area contributed by atoms with Crippen molar-refractivity contribution in [3.05, 3.63) is 30.3 Å². The Kier molecular flexibility index (Phi) is 7.85. The molecule has 0 atom stereocenters. The largest absolute Gasteiger partial charge is 0.339 e. The van der Waals surface area contributed by atoms with Crippen LogP contribution in [0.15, 0.2) is 30.3 Å². The molecule has 2 aliphatic rings. The average Bonchev–Trinajstić information content (AvgIpc) is 3.33. The number of amides is 2. The summed E-state index contributed by atoms with van der Waals surface area (Å²) in [5.74, 6) is 1.73. The normalized spacial score (nSPS) is 17.5. The van der Waals surface area contributed by atoms with Crippen LogP contribution < -0.4 is 0 Å². The van der Waals surface area contributed by atoms with Gasteiger partial charge in [0.1, 0.15) is 0 Å². The van der Waals surface area contributed by atoms with Gasteiger partial charge in [0.05, 0.1) is 6.54 Å². The zero-order valence-corrected chi connectivity index (χ0v) is 18.9. The smallest absolute Gasteiger partial charge is 0.222 e. The summed E-state index contributed by atoms with van der Waals surface area (Å²) in [4.78, 5) is 30.5. The summed E-state index contributed by atoms with van der Waals surface area (Å²) in [6, 6.07) is 9.74. The lowest BCUT2D eigenvalue weighted by atomic mass is 9.86. The molecule has 0 N–H and O–H groups in total. The Labute approximate surface area is 190 Å². The fourth-order valence-electron chi connectivity index (χ4n) is 4.74. The molecule has 1 aromatic heterocycles. The van der Waals surface area contributed by atoms with Crippen LogP contribution in [0.5, 0.6) is 0 Å². The SMILES string of the molecule is O=C(CCCn1nnc(-c2ccccc2)n1)N1CCN(C(=O)CCC2CCCCC2)CC1. The molecule has 172 valence electrons. The van der Waals surface area contributed by atoms with E-state index < -0.39 is 0 Å². The highest BCUT2D eigenvalue weighted by Crippen LogP contribution is 2.27. The van der Waals surface area contributed by atoms with Crippen LogP contribution in [0.3, 0.4) is 0 Å². The van der Waals surface area contributed by atoms with Crippen LogP contribution in [0.1, 0.15) is 57.8 Å². The molecule has 0 radical (unpaired) electrons. The monoisotopic (exact) mass is 438 g/mol. The number of carbonyl (C=O) groups is 2. The van der Waals surface area contributed by atoms with Crippen LogP contribution in [0.2, 0.25) is 0 Å². The van der Waals surface area contributed by atoms with Crippen molar-refractivity contribution in [3.63, 3.8) is 0 Å². The van der Waals surface area contributed by atoms with Crippen molar-refractivity contribution in [1.82, 2.24) is 30.0 Å². The number of aromatic nitrogens is 4. The van der Waals surface area contributed by atoms with Crippen molar-refractivity contribution in [1.29, 1.82) is 0 Å². The second kappa shape index (κ2) is 11.2. The Hall–Kier alpha value is -2.77. The van der Waals surface area contributed by atoms with E-state index in [9.17, 15) is 9.59 Å². The van der Waals surface area contributed by atoms with E-state index >= 15 is 0 Å². The second-order valence-electron chi connectivity index (χ2n) is 8.98. The molecule has 1 aromatic carbocycles. The number of rotatable bonds is 8. The van der Waals surface area contributed by atoms with Crippen LogP contribution in [-0.2, 0) is 16.1 Å². The molecule has 2 amide bonds. The summed E-state index contributed by atoms with van der Waals surface area (Å²) in [6.07, 6.45) is 9.38. The van der Waals surface area contributed by atoms with Crippen LogP contribution in [0, 0.1) is 5.92 Å². The van der Waals surface area contributed by atoms with E-state index in [1.54, 1.807) is 4.80 Å². The van der Waals surface area contributed by atoms with E-state index in [2.05, 4.69) is 15.4 Å². The maximum atomic E-state index is 12.6. The van der Waals surface area contributed by atoms with E-state index in [1.807, 2.05) is 40.1 Å². The molecule has 2 fully saturated rings. The fraction of sp³-hybridized carbons (Fsp3) is 0.625. The van der Waals surface area contributed by atoms with Crippen molar-refractivity contribution in [2.45, 2.75) is 64.3 Å². The number of piperazine rings is 1. The first-order valence-corrected chi connectivity index (χ1v) is 12.1. The lowest BCUT2D eigenvalue weighted by Gasteiger charge is -2.35. The van der Waals surface area contributed by atoms with Crippen molar-refractivity contribution < 1.29 is 9.59 Å². The first-order valence-electron chi connectivity index (χ1n) is 12.1. The number of nitrogens with zero attached hydrogens (tertiary/aromatic N) is 6. The van der Waals surface area contributed by atoms with Gasteiger partial charge < -0.3 is 9.80 Å². The minimum Gasteiger partial charge on any atom is -0.339 e. The zero-order valence-electron chi connectivity index (χ0n) is 18.9. The number of aryl methyl sites for hydroxylation is 1. The van der Waals surface area contributed by atoms with Gasteiger partial charge in [-0.25, -0.2) is 0 Å². The third-order valence-corrected chi connectivity index (χ3v) is 6.71. The summed E-state index contributed by atoms with van der Waals surface area (Å²) in [7, 11) is 0. The van der Waals surface area contributed by atoms with Gasteiger partial charge in [-0.3, -0.25) is 9.59 Å². The highest BCUT2D eigenvalue weighted by Gasteiger charge is 2.24. The van der Waals surface area contributed by atoms with Crippen LogP contribution in [0.4, 0.5) is 0 Å². The van der Waals surface area contributed by atoms with Gasteiger partial charge in [-0.15, -0.1) is 10.2 Å². The van der Waals surface area contributed by atoms with E-state index in [0.717, 1.165) is 17.9 Å². The molecule has 1 saturated carbocycles. The lowest BCUT2D eigenvalue weighted by Crippen LogP contribution is -2.50. The number of tetrazole rings is 1. The highest BCUT2D eigenvalue weighted by molar-refractivity contribution is 5.78. The van der Waals surface area contributed by atoms with Gasteiger partial charge in [0.25, 0.3) is 0 Å². The minimum absolute atomic E-state index is 0.141. The summed E-state index contributed by atoms with van der Waals surface area (Å²) in [5.41, 5.74) is 0.931. The molecule has 8 nitrogen and oxygen atoms in total. The molecular formula is C24H34N6O2. The number of carbonyl (C=O) groups excluding carboxylic acids is 2. The first kappa shape index (κ1) is 22.4. The molecule has 1 saturated heterocycles. The second-order valence-corrected chi connectivity index (χ2v) is 8.98. The highest BCUT2D eigenvalue weighted by atomic mass is 16.2. The predicted molar refractivity (Wildman–Crippen MR) is 121 cm³/mol. The summed E-state index contributed by atoms with van der Waals surface area (Å²) in [5, 5.41) is 12.6. The molecule has 0 bridgehead atoms. The Morgan fingerprint density at radius 3 is 2.22 bits per heavy atom. The number of hydrogen-bond acceptors (Lipinski definition) is 5. The maximum Gasteiger partial charge on any atom is 0.222 e. The van der Waals surface area contributed by atoms with Crippen LogP contribution in [-0.4, -0.2) is 68.0 Å². The third kappa shape index (κ3) is 6.14. The number of hydrogen-bond donors (Lipinski definition) is 0. The van der Waals surface area contributed by atoms with Crippen LogP contribution >= 0.6 is 0 Å². The lowest BCUT2D eigenvalue weighted by molar-refractivity contribution is -0.139. The van der Waals surface area contributed by atoms with Gasteiger partial charge in [0.2, 0.25) is 17.6 Å². The Bertz CT molecular complexity index is 870. The molecule has 32 heavy (non-hydrogen) atoms. The summed E-state index contributed by atoms with van der Waals surface area (Å²) >= 11 is 0. The van der Waals surface area contributed by atoms with Crippen molar-refractivity contribution in [2.24, 2.45) is 5.92 Å². The standard InChI is InChI=1S/C24H34N6O2/c31-22(12-7-15-30-26-24(25-27-30)21-10-5-2-6-11-21)28-16-18-29(19-17-28)23(32)14-13-20-8-3-1-4-9-20/h2,5-6,10-11,20H,1,3-4,7-9,12-19H2. The molecule has 1 aliphatic carbocycles. The van der Waals surface area contributed by atoms with Gasteiger partial charge in [-0.2, -0.15) is 4.80 Å². The molecule has 0 unspecified atom stereocenters.